The molecule has 0 spiro atoms. The molecule has 0 atom stereocenters. The molecule has 0 fully saturated rings. The van der Waals surface area contributed by atoms with E-state index in [9.17, 15) is 8.42 Å². The molecule has 6 nitrogen and oxygen atoms in total. The lowest BCUT2D eigenvalue weighted by molar-refractivity contribution is 0.596. The number of hydrogen-bond donors (Lipinski definition) is 0. The van der Waals surface area contributed by atoms with E-state index in [1.54, 1.807) is 24.3 Å². The third kappa shape index (κ3) is 4.66. The fourth-order valence-corrected chi connectivity index (χ4v) is 7.46. The lowest BCUT2D eigenvalue weighted by Gasteiger charge is -2.05. The van der Waals surface area contributed by atoms with Crippen LogP contribution in [0.5, 0.6) is 0 Å². The maximum absolute atomic E-state index is 12.9. The molecule has 0 aliphatic carbocycles. The molecule has 4 aromatic rings. The molecule has 148 valence electrons. The van der Waals surface area contributed by atoms with Gasteiger partial charge in [0.15, 0.2) is 19.6 Å². The number of halogens is 2. The molecule has 0 aliphatic rings. The Bertz CT molecular complexity index is 1280. The maximum atomic E-state index is 12.9. The van der Waals surface area contributed by atoms with Crippen molar-refractivity contribution in [3.05, 3.63) is 68.2 Å². The zero-order chi connectivity index (χ0) is 20.4. The summed E-state index contributed by atoms with van der Waals surface area (Å²) in [6.45, 7) is 0. The molecule has 29 heavy (non-hydrogen) atoms. The van der Waals surface area contributed by atoms with Crippen LogP contribution in [0.15, 0.2) is 68.3 Å². The Balaban J connectivity index is 1.61. The van der Waals surface area contributed by atoms with Crippen LogP contribution >= 0.6 is 65.0 Å². The number of nitrogens with zero attached hydrogens (tertiary/aromatic N) is 4. The van der Waals surface area contributed by atoms with Gasteiger partial charge in [-0.15, -0.1) is 0 Å². The molecule has 2 aromatic heterocycles. The van der Waals surface area contributed by atoms with Crippen LogP contribution in [0.25, 0.3) is 0 Å². The Kier molecular flexibility index (Phi) is 6.25. The van der Waals surface area contributed by atoms with Gasteiger partial charge in [0.25, 0.3) is 0 Å². The normalized spacial score (nSPS) is 13.2. The summed E-state index contributed by atoms with van der Waals surface area (Å²) in [4.78, 5) is 9.07. The van der Waals surface area contributed by atoms with Gasteiger partial charge in [-0.1, -0.05) is 23.2 Å². The van der Waals surface area contributed by atoms with Crippen molar-refractivity contribution >= 4 is 86.2 Å². The van der Waals surface area contributed by atoms with Gasteiger partial charge < -0.3 is 0 Å². The first-order chi connectivity index (χ1) is 13.9. The molecule has 0 saturated heterocycles. The van der Waals surface area contributed by atoms with Crippen molar-refractivity contribution in [1.82, 2.24) is 8.75 Å². The summed E-state index contributed by atoms with van der Waals surface area (Å²) in [7, 11) is 1.52. The topological polar surface area (TPSA) is 84.6 Å². The minimum atomic E-state index is -3.66. The van der Waals surface area contributed by atoms with Gasteiger partial charge in [0, 0.05) is 21.1 Å². The van der Waals surface area contributed by atoms with E-state index >= 15 is 0 Å². The van der Waals surface area contributed by atoms with Gasteiger partial charge in [-0.05, 0) is 69.2 Å². The number of rotatable bonds is 4. The van der Waals surface area contributed by atoms with Gasteiger partial charge in [0.1, 0.15) is 0 Å². The molecule has 0 amide bonds. The molecular formula is C16H8Cl2N4O2S5. The molecule has 0 radical (unpaired) electrons. The fraction of sp³-hybridized carbons (Fsp3) is 0. The zero-order valence-electron chi connectivity index (χ0n) is 14.0. The highest BCUT2D eigenvalue weighted by Crippen LogP contribution is 2.25. The first-order valence-electron chi connectivity index (χ1n) is 7.71. The van der Waals surface area contributed by atoms with E-state index in [-0.39, 0.29) is 9.79 Å². The Morgan fingerprint density at radius 1 is 0.690 bits per heavy atom. The Morgan fingerprint density at radius 2 is 1.07 bits per heavy atom. The summed E-state index contributed by atoms with van der Waals surface area (Å²) in [5, 5.41) is 0.671. The van der Waals surface area contributed by atoms with E-state index < -0.39 is 9.84 Å². The van der Waals surface area contributed by atoms with Gasteiger partial charge >= 0.3 is 0 Å². The largest absolute Gasteiger partial charge is 0.234 e. The molecule has 13 heteroatoms. The van der Waals surface area contributed by atoms with Crippen molar-refractivity contribution in [2.45, 2.75) is 9.79 Å². The van der Waals surface area contributed by atoms with Crippen LogP contribution in [-0.4, -0.2) is 17.2 Å². The summed E-state index contributed by atoms with van der Waals surface area (Å²) in [6, 6.07) is 12.6. The van der Waals surface area contributed by atoms with Gasteiger partial charge in [-0.25, -0.2) is 18.4 Å². The first kappa shape index (κ1) is 20.8. The monoisotopic (exact) mass is 518 g/mol. The van der Waals surface area contributed by atoms with Gasteiger partial charge in [0.2, 0.25) is 9.84 Å². The highest BCUT2D eigenvalue weighted by atomic mass is 35.5. The lowest BCUT2D eigenvalue weighted by Crippen LogP contribution is -2.01. The zero-order valence-corrected chi connectivity index (χ0v) is 19.6. The average molecular weight is 520 g/mol. The Labute approximate surface area is 190 Å². The van der Waals surface area contributed by atoms with Crippen molar-refractivity contribution in [1.29, 1.82) is 0 Å². The van der Waals surface area contributed by atoms with Crippen LogP contribution in [0.3, 0.4) is 0 Å². The summed E-state index contributed by atoms with van der Waals surface area (Å²) in [5.41, 5.74) is 1.19. The van der Waals surface area contributed by atoms with Crippen molar-refractivity contribution in [2.75, 3.05) is 0 Å². The average Bonchev–Trinajstić information content (AvgIpc) is 3.31. The van der Waals surface area contributed by atoms with Crippen LogP contribution < -0.4 is 9.34 Å². The second-order valence-electron chi connectivity index (χ2n) is 5.41. The van der Waals surface area contributed by atoms with E-state index in [4.69, 9.17) is 23.2 Å². The number of sulfone groups is 1. The lowest BCUT2D eigenvalue weighted by atomic mass is 10.3. The molecule has 0 N–H and O–H groups in total. The number of benzene rings is 2. The number of hydrogen-bond acceptors (Lipinski definition) is 10. The fourth-order valence-electron chi connectivity index (χ4n) is 2.22. The molecule has 2 aromatic carbocycles. The maximum Gasteiger partial charge on any atom is 0.206 e. The minimum Gasteiger partial charge on any atom is -0.234 e. The van der Waals surface area contributed by atoms with Crippen molar-refractivity contribution in [3.63, 3.8) is 0 Å². The van der Waals surface area contributed by atoms with Crippen LogP contribution in [0.2, 0.25) is 10.3 Å². The van der Waals surface area contributed by atoms with E-state index in [0.717, 1.165) is 0 Å². The highest BCUT2D eigenvalue weighted by molar-refractivity contribution is 7.91. The van der Waals surface area contributed by atoms with Gasteiger partial charge in [-0.2, -0.15) is 8.75 Å². The van der Waals surface area contributed by atoms with Crippen LogP contribution in [0.1, 0.15) is 0 Å². The molecule has 0 bridgehead atoms. The van der Waals surface area contributed by atoms with Crippen molar-refractivity contribution in [3.8, 4) is 0 Å². The first-order valence-corrected chi connectivity index (χ1v) is 14.2. The second kappa shape index (κ2) is 8.72. The number of aromatic nitrogens is 2. The summed E-state index contributed by atoms with van der Waals surface area (Å²) < 4.78 is 34.9. The van der Waals surface area contributed by atoms with Crippen LogP contribution in [-0.2, 0) is 9.84 Å². The molecular weight excluding hydrogens is 511 g/mol. The van der Waals surface area contributed by atoms with E-state index in [1.807, 2.05) is 0 Å². The minimum absolute atomic E-state index is 0.173. The van der Waals surface area contributed by atoms with Crippen molar-refractivity contribution in [2.24, 2.45) is 9.98 Å². The molecule has 2 heterocycles. The van der Waals surface area contributed by atoms with Crippen LogP contribution in [0, 0.1) is 0 Å². The summed E-state index contributed by atoms with van der Waals surface area (Å²) >= 11 is 11.9. The Morgan fingerprint density at radius 3 is 1.38 bits per heavy atom. The van der Waals surface area contributed by atoms with E-state index in [0.29, 0.717) is 31.0 Å². The third-order valence-corrected chi connectivity index (χ3v) is 9.70. The predicted octanol–water partition coefficient (Wildman–Crippen LogP) is 5.33. The molecule has 4 rings (SSSR count). The summed E-state index contributed by atoms with van der Waals surface area (Å²) in [5.74, 6) is 0. The smallest absolute Gasteiger partial charge is 0.206 e. The standard InChI is InChI=1S/C16H8Cl2N4O2S5/c17-13-15(25-27-21-13)19-9-1-5-11(6-2-9)29(23,24)12-7-3-10(4-8-12)20-16-14(18)22-28-26-16/h1-8H. The van der Waals surface area contributed by atoms with Gasteiger partial charge in [-0.3, -0.25) is 0 Å². The highest BCUT2D eigenvalue weighted by Gasteiger charge is 2.17. The van der Waals surface area contributed by atoms with Gasteiger partial charge in [0.05, 0.1) is 21.2 Å². The predicted molar refractivity (Wildman–Crippen MR) is 119 cm³/mol. The quantitative estimate of drug-likeness (QED) is 0.341. The van der Waals surface area contributed by atoms with E-state index in [1.165, 1.54) is 66.0 Å². The van der Waals surface area contributed by atoms with E-state index in [2.05, 4.69) is 18.7 Å². The molecule has 0 saturated carbocycles. The second-order valence-corrected chi connectivity index (χ2v) is 11.7. The molecule has 0 aliphatic heterocycles. The van der Waals surface area contributed by atoms with Crippen LogP contribution in [0.4, 0.5) is 11.4 Å². The summed E-state index contributed by atoms with van der Waals surface area (Å²) in [6.07, 6.45) is 0. The third-order valence-electron chi connectivity index (χ3n) is 3.58. The SMILES string of the molecule is O=S(=O)(c1ccc(N=c2ssnc2Cl)cc1)c1ccc(N=c2ssnc2Cl)cc1. The van der Waals surface area contributed by atoms with Crippen molar-refractivity contribution < 1.29 is 8.42 Å². The molecule has 0 unspecified atom stereocenters. The Hall–Kier alpha value is -1.47.